The third-order valence-corrected chi connectivity index (χ3v) is 4.93. The van der Waals surface area contributed by atoms with Gasteiger partial charge in [0.2, 0.25) is 0 Å². The van der Waals surface area contributed by atoms with Crippen molar-refractivity contribution in [1.29, 1.82) is 0 Å². The Bertz CT molecular complexity index is 934. The van der Waals surface area contributed by atoms with Gasteiger partial charge in [-0.2, -0.15) is 0 Å². The second kappa shape index (κ2) is 8.92. The minimum atomic E-state index is -0.537. The van der Waals surface area contributed by atoms with Gasteiger partial charge in [0.25, 0.3) is 5.91 Å². The zero-order valence-electron chi connectivity index (χ0n) is 17.7. The van der Waals surface area contributed by atoms with Gasteiger partial charge in [0.1, 0.15) is 11.4 Å². The van der Waals surface area contributed by atoms with Crippen molar-refractivity contribution in [1.82, 2.24) is 14.8 Å². The smallest absolute Gasteiger partial charge is 0.410 e. The standard InChI is InChI=1S/C22H27ClN4O3/c1-15-5-6-18(17(23)13-15)25-19-14-16(7-8-24-19)20(28)26-9-11-27(12-10-26)21(29)30-22(2,3)4/h5-8,13-14H,9-12H2,1-4H3,(H,24,25). The van der Waals surface area contributed by atoms with Crippen LogP contribution in [0.4, 0.5) is 16.3 Å². The highest BCUT2D eigenvalue weighted by atomic mass is 35.5. The molecule has 0 aliphatic carbocycles. The van der Waals surface area contributed by atoms with Crippen LogP contribution in [0.3, 0.4) is 0 Å². The molecule has 7 nitrogen and oxygen atoms in total. The molecular weight excluding hydrogens is 404 g/mol. The monoisotopic (exact) mass is 430 g/mol. The van der Waals surface area contributed by atoms with E-state index in [1.807, 2.05) is 45.9 Å². The maximum absolute atomic E-state index is 12.9. The van der Waals surface area contributed by atoms with Gasteiger partial charge in [0.15, 0.2) is 0 Å². The Balaban J connectivity index is 1.62. The van der Waals surface area contributed by atoms with Crippen LogP contribution < -0.4 is 5.32 Å². The fourth-order valence-electron chi connectivity index (χ4n) is 3.09. The number of amides is 2. The third-order valence-electron chi connectivity index (χ3n) is 4.61. The molecular formula is C22H27ClN4O3. The summed E-state index contributed by atoms with van der Waals surface area (Å²) in [6.07, 6.45) is 1.24. The van der Waals surface area contributed by atoms with Crippen LogP contribution in [-0.2, 0) is 4.74 Å². The molecule has 0 radical (unpaired) electrons. The van der Waals surface area contributed by atoms with E-state index in [0.29, 0.717) is 42.6 Å². The van der Waals surface area contributed by atoms with Gasteiger partial charge in [-0.05, 0) is 57.5 Å². The molecule has 8 heteroatoms. The summed E-state index contributed by atoms with van der Waals surface area (Å²) < 4.78 is 5.40. The summed E-state index contributed by atoms with van der Waals surface area (Å²) in [4.78, 5) is 32.8. The first-order valence-corrected chi connectivity index (χ1v) is 10.3. The maximum atomic E-state index is 12.9. The van der Waals surface area contributed by atoms with Gasteiger partial charge in [-0.3, -0.25) is 4.79 Å². The lowest BCUT2D eigenvalue weighted by Gasteiger charge is -2.35. The SMILES string of the molecule is Cc1ccc(Nc2cc(C(=O)N3CCN(C(=O)OC(C)(C)C)CC3)ccn2)c(Cl)c1. The van der Waals surface area contributed by atoms with Crippen molar-refractivity contribution in [2.75, 3.05) is 31.5 Å². The minimum Gasteiger partial charge on any atom is -0.444 e. The van der Waals surface area contributed by atoms with E-state index in [0.717, 1.165) is 11.3 Å². The Labute approximate surface area is 182 Å². The maximum Gasteiger partial charge on any atom is 0.410 e. The molecule has 3 rings (SSSR count). The number of nitrogens with one attached hydrogen (secondary N) is 1. The molecule has 1 saturated heterocycles. The number of hydrogen-bond donors (Lipinski definition) is 1. The van der Waals surface area contributed by atoms with Crippen molar-refractivity contribution in [2.24, 2.45) is 0 Å². The number of ether oxygens (including phenoxy) is 1. The second-order valence-corrected chi connectivity index (χ2v) is 8.70. The van der Waals surface area contributed by atoms with Crippen molar-refractivity contribution >= 4 is 35.1 Å². The third kappa shape index (κ3) is 5.63. The number of carbonyl (C=O) groups is 2. The Morgan fingerprint density at radius 2 is 1.73 bits per heavy atom. The van der Waals surface area contributed by atoms with Crippen molar-refractivity contribution < 1.29 is 14.3 Å². The van der Waals surface area contributed by atoms with Crippen LogP contribution in [0.25, 0.3) is 0 Å². The lowest BCUT2D eigenvalue weighted by atomic mass is 10.2. The highest BCUT2D eigenvalue weighted by molar-refractivity contribution is 6.33. The Kier molecular flexibility index (Phi) is 6.51. The average molecular weight is 431 g/mol. The van der Waals surface area contributed by atoms with E-state index in [1.165, 1.54) is 0 Å². The average Bonchev–Trinajstić information content (AvgIpc) is 2.69. The quantitative estimate of drug-likeness (QED) is 0.777. The molecule has 30 heavy (non-hydrogen) atoms. The molecule has 160 valence electrons. The van der Waals surface area contributed by atoms with Crippen molar-refractivity contribution in [2.45, 2.75) is 33.3 Å². The van der Waals surface area contributed by atoms with Crippen LogP contribution in [0.5, 0.6) is 0 Å². The molecule has 0 atom stereocenters. The summed E-state index contributed by atoms with van der Waals surface area (Å²) >= 11 is 6.27. The van der Waals surface area contributed by atoms with E-state index < -0.39 is 5.60 Å². The lowest BCUT2D eigenvalue weighted by Crippen LogP contribution is -2.51. The predicted molar refractivity (Wildman–Crippen MR) is 117 cm³/mol. The zero-order valence-corrected chi connectivity index (χ0v) is 18.5. The molecule has 1 aromatic heterocycles. The van der Waals surface area contributed by atoms with Gasteiger partial charge in [0.05, 0.1) is 10.7 Å². The Hall–Kier alpha value is -2.80. The number of anilines is 2. The molecule has 2 aromatic rings. The molecule has 0 bridgehead atoms. The van der Waals surface area contributed by atoms with Crippen molar-refractivity contribution in [3.63, 3.8) is 0 Å². The summed E-state index contributed by atoms with van der Waals surface area (Å²) in [6.45, 7) is 9.26. The summed E-state index contributed by atoms with van der Waals surface area (Å²) in [5, 5.41) is 3.75. The zero-order chi connectivity index (χ0) is 21.9. The van der Waals surface area contributed by atoms with E-state index in [2.05, 4.69) is 10.3 Å². The van der Waals surface area contributed by atoms with Gasteiger partial charge in [-0.15, -0.1) is 0 Å². The number of rotatable bonds is 3. The van der Waals surface area contributed by atoms with E-state index >= 15 is 0 Å². The summed E-state index contributed by atoms with van der Waals surface area (Å²) in [5.74, 6) is 0.443. The van der Waals surface area contributed by atoms with Crippen LogP contribution in [-0.4, -0.2) is 58.6 Å². The molecule has 0 spiro atoms. The number of carbonyl (C=O) groups excluding carboxylic acids is 2. The van der Waals surface area contributed by atoms with Crippen LogP contribution in [0.15, 0.2) is 36.5 Å². The Morgan fingerprint density at radius 3 is 2.37 bits per heavy atom. The number of aromatic nitrogens is 1. The van der Waals surface area contributed by atoms with Crippen molar-refractivity contribution in [3.05, 3.63) is 52.7 Å². The van der Waals surface area contributed by atoms with Crippen molar-refractivity contribution in [3.8, 4) is 0 Å². The number of benzene rings is 1. The molecule has 1 aliphatic heterocycles. The lowest BCUT2D eigenvalue weighted by molar-refractivity contribution is 0.0141. The molecule has 1 fully saturated rings. The molecule has 1 aromatic carbocycles. The van der Waals surface area contributed by atoms with E-state index in [4.69, 9.17) is 16.3 Å². The topological polar surface area (TPSA) is 74.8 Å². The van der Waals surface area contributed by atoms with E-state index in [1.54, 1.807) is 28.1 Å². The number of halogens is 1. The van der Waals surface area contributed by atoms with Crippen LogP contribution in [0.2, 0.25) is 5.02 Å². The van der Waals surface area contributed by atoms with Gasteiger partial charge >= 0.3 is 6.09 Å². The highest BCUT2D eigenvalue weighted by Crippen LogP contribution is 2.26. The van der Waals surface area contributed by atoms with Gasteiger partial charge in [-0.25, -0.2) is 9.78 Å². The summed E-state index contributed by atoms with van der Waals surface area (Å²) in [6, 6.07) is 9.09. The second-order valence-electron chi connectivity index (χ2n) is 8.30. The number of piperazine rings is 1. The van der Waals surface area contributed by atoms with Gasteiger partial charge in [-0.1, -0.05) is 17.7 Å². The molecule has 1 N–H and O–H groups in total. The first-order valence-electron chi connectivity index (χ1n) is 9.89. The highest BCUT2D eigenvalue weighted by Gasteiger charge is 2.28. The number of aryl methyl sites for hydroxylation is 1. The molecule has 2 amide bonds. The number of hydrogen-bond acceptors (Lipinski definition) is 5. The summed E-state index contributed by atoms with van der Waals surface area (Å²) in [5.41, 5.74) is 1.78. The first kappa shape index (κ1) is 21.9. The fourth-order valence-corrected chi connectivity index (χ4v) is 3.37. The largest absolute Gasteiger partial charge is 0.444 e. The normalized spacial score (nSPS) is 14.4. The van der Waals surface area contributed by atoms with Crippen LogP contribution in [0, 0.1) is 6.92 Å². The Morgan fingerprint density at radius 1 is 1.07 bits per heavy atom. The van der Waals surface area contributed by atoms with Gasteiger partial charge in [0, 0.05) is 37.9 Å². The predicted octanol–water partition coefficient (Wildman–Crippen LogP) is 4.48. The summed E-state index contributed by atoms with van der Waals surface area (Å²) in [7, 11) is 0. The fraction of sp³-hybridized carbons (Fsp3) is 0.409. The van der Waals surface area contributed by atoms with Crippen LogP contribution in [0.1, 0.15) is 36.7 Å². The van der Waals surface area contributed by atoms with Gasteiger partial charge < -0.3 is 19.9 Å². The van der Waals surface area contributed by atoms with E-state index in [9.17, 15) is 9.59 Å². The number of pyridine rings is 1. The molecule has 0 unspecified atom stereocenters. The first-order chi connectivity index (χ1) is 14.1. The number of nitrogens with zero attached hydrogens (tertiary/aromatic N) is 3. The molecule has 1 aliphatic rings. The molecule has 2 heterocycles. The van der Waals surface area contributed by atoms with Crippen LogP contribution >= 0.6 is 11.6 Å². The molecule has 0 saturated carbocycles. The minimum absolute atomic E-state index is 0.0979. The van der Waals surface area contributed by atoms with E-state index in [-0.39, 0.29) is 12.0 Å².